The van der Waals surface area contributed by atoms with Crippen LogP contribution in [0.2, 0.25) is 0 Å². The molecule has 1 aromatic rings. The van der Waals surface area contributed by atoms with Gasteiger partial charge < -0.3 is 10.4 Å². The van der Waals surface area contributed by atoms with Gasteiger partial charge in [-0.1, -0.05) is 22.0 Å². The largest absolute Gasteiger partial charge is 0.478 e. The lowest BCUT2D eigenvalue weighted by Crippen LogP contribution is -2.04. The predicted molar refractivity (Wildman–Crippen MR) is 79.4 cm³/mol. The molecule has 1 aromatic carbocycles. The Bertz CT molecular complexity index is 449. The van der Waals surface area contributed by atoms with Gasteiger partial charge in [0.05, 0.1) is 5.69 Å². The van der Waals surface area contributed by atoms with Crippen LogP contribution in [-0.4, -0.2) is 17.6 Å². The van der Waals surface area contributed by atoms with Gasteiger partial charge in [-0.15, -0.1) is 0 Å². The van der Waals surface area contributed by atoms with E-state index in [-0.39, 0.29) is 0 Å². The van der Waals surface area contributed by atoms with E-state index in [1.807, 2.05) is 12.1 Å². The summed E-state index contributed by atoms with van der Waals surface area (Å²) in [7, 11) is 0. The van der Waals surface area contributed by atoms with Crippen molar-refractivity contribution in [2.24, 2.45) is 0 Å². The standard InChI is InChI=1S/C11H10Br3NO2/c1-6(11(16)17)2-3-15-10-8(13)4-7(12)5-9(10)14/h2,4-5,15H,3H2,1H3,(H,16,17). The quantitative estimate of drug-likeness (QED) is 0.699. The number of hydrogen-bond acceptors (Lipinski definition) is 2. The Kier molecular flexibility index (Phi) is 5.69. The smallest absolute Gasteiger partial charge is 0.331 e. The van der Waals surface area contributed by atoms with Crippen LogP contribution in [0.4, 0.5) is 5.69 Å². The van der Waals surface area contributed by atoms with Crippen molar-refractivity contribution < 1.29 is 9.90 Å². The SMILES string of the molecule is CC(=CCNc1c(Br)cc(Br)cc1Br)C(=O)O. The van der Waals surface area contributed by atoms with E-state index in [9.17, 15) is 4.79 Å². The molecule has 0 radical (unpaired) electrons. The van der Waals surface area contributed by atoms with Crippen LogP contribution in [0.25, 0.3) is 0 Å². The number of halogens is 3. The number of carbonyl (C=O) groups is 1. The van der Waals surface area contributed by atoms with Crippen molar-refractivity contribution >= 4 is 59.4 Å². The number of nitrogens with one attached hydrogen (secondary N) is 1. The minimum Gasteiger partial charge on any atom is -0.478 e. The molecule has 92 valence electrons. The molecule has 0 spiro atoms. The summed E-state index contributed by atoms with van der Waals surface area (Å²) in [4.78, 5) is 10.6. The van der Waals surface area contributed by atoms with E-state index < -0.39 is 5.97 Å². The zero-order valence-electron chi connectivity index (χ0n) is 8.93. The van der Waals surface area contributed by atoms with Crippen LogP contribution in [0.15, 0.2) is 37.2 Å². The topological polar surface area (TPSA) is 49.3 Å². The maximum atomic E-state index is 10.6. The minimum absolute atomic E-state index is 0.321. The van der Waals surface area contributed by atoms with Crippen molar-refractivity contribution in [2.45, 2.75) is 6.92 Å². The second kappa shape index (κ2) is 6.56. The van der Waals surface area contributed by atoms with Crippen molar-refractivity contribution in [3.05, 3.63) is 37.2 Å². The molecular weight excluding hydrogens is 418 g/mol. The summed E-state index contributed by atoms with van der Waals surface area (Å²) in [5.74, 6) is -0.902. The van der Waals surface area contributed by atoms with Gasteiger partial charge >= 0.3 is 5.97 Å². The number of aliphatic carboxylic acids is 1. The van der Waals surface area contributed by atoms with Crippen LogP contribution in [0.1, 0.15) is 6.92 Å². The van der Waals surface area contributed by atoms with Gasteiger partial charge in [0.25, 0.3) is 0 Å². The van der Waals surface area contributed by atoms with Crippen molar-refractivity contribution in [2.75, 3.05) is 11.9 Å². The normalized spacial score (nSPS) is 11.4. The second-order valence-electron chi connectivity index (χ2n) is 3.32. The van der Waals surface area contributed by atoms with Crippen LogP contribution in [-0.2, 0) is 4.79 Å². The minimum atomic E-state index is -0.902. The fourth-order valence-electron chi connectivity index (χ4n) is 1.10. The number of benzene rings is 1. The number of anilines is 1. The van der Waals surface area contributed by atoms with Crippen molar-refractivity contribution in [1.82, 2.24) is 0 Å². The van der Waals surface area contributed by atoms with E-state index in [1.54, 1.807) is 13.0 Å². The van der Waals surface area contributed by atoms with Crippen molar-refractivity contribution in [3.8, 4) is 0 Å². The number of carboxylic acids is 1. The molecule has 6 heteroatoms. The molecule has 0 aliphatic heterocycles. The summed E-state index contributed by atoms with van der Waals surface area (Å²) in [6.07, 6.45) is 1.63. The van der Waals surface area contributed by atoms with Gasteiger partial charge in [-0.25, -0.2) is 4.79 Å². The Hall–Kier alpha value is -0.330. The van der Waals surface area contributed by atoms with Crippen LogP contribution in [0.3, 0.4) is 0 Å². The van der Waals surface area contributed by atoms with Gasteiger partial charge in [-0.3, -0.25) is 0 Å². The van der Waals surface area contributed by atoms with E-state index in [0.717, 1.165) is 19.1 Å². The van der Waals surface area contributed by atoms with Gasteiger partial charge in [-0.05, 0) is 50.9 Å². The van der Waals surface area contributed by atoms with Crippen LogP contribution >= 0.6 is 47.8 Å². The summed E-state index contributed by atoms with van der Waals surface area (Å²) < 4.78 is 2.76. The van der Waals surface area contributed by atoms with Gasteiger partial charge in [0.1, 0.15) is 0 Å². The van der Waals surface area contributed by atoms with Crippen molar-refractivity contribution in [1.29, 1.82) is 0 Å². The molecule has 0 aliphatic carbocycles. The Morgan fingerprint density at radius 3 is 2.35 bits per heavy atom. The third kappa shape index (κ3) is 4.44. The zero-order valence-corrected chi connectivity index (χ0v) is 13.7. The van der Waals surface area contributed by atoms with Crippen LogP contribution < -0.4 is 5.32 Å². The highest BCUT2D eigenvalue weighted by Crippen LogP contribution is 2.34. The molecular formula is C11H10Br3NO2. The van der Waals surface area contributed by atoms with E-state index in [4.69, 9.17) is 5.11 Å². The van der Waals surface area contributed by atoms with Crippen molar-refractivity contribution in [3.63, 3.8) is 0 Å². The molecule has 0 amide bonds. The summed E-state index contributed by atoms with van der Waals surface area (Å²) in [5.41, 5.74) is 1.21. The predicted octanol–water partition coefficient (Wildman–Crippen LogP) is 4.42. The maximum absolute atomic E-state index is 10.6. The molecule has 0 bridgehead atoms. The van der Waals surface area contributed by atoms with Gasteiger partial charge in [0.2, 0.25) is 0 Å². The van der Waals surface area contributed by atoms with Gasteiger partial charge in [-0.2, -0.15) is 0 Å². The molecule has 0 heterocycles. The Labute approximate surface area is 125 Å². The highest BCUT2D eigenvalue weighted by molar-refractivity contribution is 9.11. The molecule has 0 saturated carbocycles. The molecule has 1 rings (SSSR count). The zero-order chi connectivity index (χ0) is 13.0. The van der Waals surface area contributed by atoms with Crippen LogP contribution in [0.5, 0.6) is 0 Å². The molecule has 0 unspecified atom stereocenters. The molecule has 0 aliphatic rings. The monoisotopic (exact) mass is 425 g/mol. The Balaban J connectivity index is 2.77. The lowest BCUT2D eigenvalue weighted by Gasteiger charge is -2.09. The summed E-state index contributed by atoms with van der Waals surface area (Å²) >= 11 is 10.2. The first kappa shape index (κ1) is 14.7. The second-order valence-corrected chi connectivity index (χ2v) is 5.94. The molecule has 0 saturated heterocycles. The van der Waals surface area contributed by atoms with E-state index in [2.05, 4.69) is 53.1 Å². The molecule has 0 fully saturated rings. The van der Waals surface area contributed by atoms with E-state index in [1.165, 1.54) is 0 Å². The highest BCUT2D eigenvalue weighted by Gasteiger charge is 2.06. The van der Waals surface area contributed by atoms with E-state index in [0.29, 0.717) is 12.1 Å². The highest BCUT2D eigenvalue weighted by atomic mass is 79.9. The third-order valence-corrected chi connectivity index (χ3v) is 3.74. The van der Waals surface area contributed by atoms with Gasteiger partial charge in [0.15, 0.2) is 0 Å². The van der Waals surface area contributed by atoms with Gasteiger partial charge in [0, 0.05) is 25.5 Å². The number of rotatable bonds is 4. The first-order valence-electron chi connectivity index (χ1n) is 4.70. The number of hydrogen-bond donors (Lipinski definition) is 2. The first-order chi connectivity index (χ1) is 7.91. The molecule has 0 aromatic heterocycles. The first-order valence-corrected chi connectivity index (χ1v) is 7.08. The number of carboxylic acid groups (broad SMARTS) is 1. The summed E-state index contributed by atoms with van der Waals surface area (Å²) in [6, 6.07) is 3.84. The summed E-state index contributed by atoms with van der Waals surface area (Å²) in [6.45, 7) is 2.02. The molecule has 0 atom stereocenters. The fourth-order valence-corrected chi connectivity index (χ4v) is 3.64. The molecule has 2 N–H and O–H groups in total. The average molecular weight is 428 g/mol. The third-order valence-electron chi connectivity index (χ3n) is 2.03. The summed E-state index contributed by atoms with van der Waals surface area (Å²) in [5, 5.41) is 11.8. The Morgan fingerprint density at radius 2 is 1.88 bits per heavy atom. The Morgan fingerprint density at radius 1 is 1.35 bits per heavy atom. The van der Waals surface area contributed by atoms with Crippen LogP contribution in [0, 0.1) is 0 Å². The lowest BCUT2D eigenvalue weighted by atomic mass is 10.3. The van der Waals surface area contributed by atoms with E-state index >= 15 is 0 Å². The molecule has 3 nitrogen and oxygen atoms in total. The fraction of sp³-hybridized carbons (Fsp3) is 0.182. The maximum Gasteiger partial charge on any atom is 0.331 e. The lowest BCUT2D eigenvalue weighted by molar-refractivity contribution is -0.132. The molecule has 17 heavy (non-hydrogen) atoms. The average Bonchev–Trinajstić information content (AvgIpc) is 2.21.